The van der Waals surface area contributed by atoms with Gasteiger partial charge >= 0.3 is 78.1 Å². The molecule has 540 valence electrons. The zero-order valence-corrected chi connectivity index (χ0v) is 59.8. The molecule has 0 saturated heterocycles. The second-order valence-corrected chi connectivity index (χ2v) is 22.7. The molecule has 0 amide bonds. The van der Waals surface area contributed by atoms with Crippen molar-refractivity contribution in [2.45, 2.75) is 76.1 Å². The molecule has 0 unspecified atom stereocenters. The molecule has 7 rings (SSSR count). The van der Waals surface area contributed by atoms with Gasteiger partial charge in [0.25, 0.3) is 0 Å². The second kappa shape index (κ2) is 52.8. The van der Waals surface area contributed by atoms with E-state index in [4.69, 9.17) is 20.5 Å². The van der Waals surface area contributed by atoms with Gasteiger partial charge in [-0.2, -0.15) is 52.7 Å². The molecule has 33 heteroatoms. The van der Waals surface area contributed by atoms with Gasteiger partial charge in [-0.25, -0.2) is 29.6 Å². The fourth-order valence-electron chi connectivity index (χ4n) is 7.95. The van der Waals surface area contributed by atoms with E-state index in [0.717, 1.165) is 48.1 Å². The zero-order chi connectivity index (χ0) is 74.2. The summed E-state index contributed by atoms with van der Waals surface area (Å²) in [4.78, 5) is 53.8. The van der Waals surface area contributed by atoms with Crippen LogP contribution in [-0.4, -0.2) is 117 Å². The minimum Gasteiger partial charge on any atom is -1.00 e. The molecule has 18 nitrogen and oxygen atoms in total. The minimum atomic E-state index is -4.19. The van der Waals surface area contributed by atoms with Crippen LogP contribution in [0.2, 0.25) is 0 Å². The first-order chi connectivity index (χ1) is 46.4. The molecule has 0 saturated carbocycles. The number of nitrogens with two attached hydrogens (primary N) is 1. The first kappa shape index (κ1) is 96.0. The number of carboxylic acid groups (broad SMARTS) is 1. The molecular weight excluding hydrogens is 1490 g/mol. The van der Waals surface area contributed by atoms with Gasteiger partial charge in [0, 0.05) is 32.6 Å². The predicted octanol–water partition coefficient (Wildman–Crippen LogP) is 9.87. The summed E-state index contributed by atoms with van der Waals surface area (Å²) in [7, 11) is 3.49. The fourth-order valence-corrected chi connectivity index (χ4v) is 12.3. The third-order valence-electron chi connectivity index (χ3n) is 12.4. The quantitative estimate of drug-likeness (QED) is 0.00454. The van der Waals surface area contributed by atoms with Gasteiger partial charge in [0.05, 0.1) is 62.6 Å². The van der Waals surface area contributed by atoms with Crippen LogP contribution in [0.1, 0.15) is 107 Å². The Kier molecular flexibility index (Phi) is 50.7. The van der Waals surface area contributed by atoms with Crippen molar-refractivity contribution in [3.05, 3.63) is 244 Å². The molecule has 0 atom stereocenters. The molecule has 0 aliphatic rings. The van der Waals surface area contributed by atoms with E-state index in [1.165, 1.54) is 51.7 Å². The summed E-state index contributed by atoms with van der Waals surface area (Å²) in [6.07, 6.45) is -16.0. The maximum absolute atomic E-state index is 13.2. The Labute approximate surface area is 609 Å². The monoisotopic (exact) mass is 1560 g/mol. The first-order valence-corrected chi connectivity index (χ1v) is 30.5. The number of esters is 3. The molecule has 0 heterocycles. The van der Waals surface area contributed by atoms with Crippen molar-refractivity contribution >= 4 is 59.4 Å². The summed E-state index contributed by atoms with van der Waals surface area (Å²) < 4.78 is 160. The van der Waals surface area contributed by atoms with Gasteiger partial charge in [-0.1, -0.05) is 121 Å². The molecule has 0 spiro atoms. The number of aliphatic hydroxyl groups excluding tert-OH is 2. The molecule has 7 aromatic rings. The number of nitrogens with zero attached hydrogens (tertiary/aromatic N) is 5. The van der Waals surface area contributed by atoms with Gasteiger partial charge in [-0.05, 0) is 127 Å². The number of benzene rings is 7. The van der Waals surface area contributed by atoms with E-state index in [1.54, 1.807) is 72.8 Å². The zero-order valence-electron chi connectivity index (χ0n) is 54.7. The SMILES string of the molecule is CO.CO.COC(=O)c1ccc(C=CCC(F)(F)F)cc1.COC(=O)c1ccc(C=O)cc1.COC(=O)c1ccc(CCCC(F)(F)F)cc1.FC(F)(F)CC[P+](c1ccccc1)(c1ccccc1)c1ccccc1.N/N=N/N=N/[N-]O.O=C(O)c1ccc(CCCC(F)(F)F)cc1.[I-].[Na+]. The van der Waals surface area contributed by atoms with Crippen molar-refractivity contribution < 1.29 is 165 Å². The normalized spacial score (nSPS) is 10.8. The molecule has 0 fully saturated rings. The van der Waals surface area contributed by atoms with Crippen molar-refractivity contribution in [3.8, 4) is 0 Å². The summed E-state index contributed by atoms with van der Waals surface area (Å²) in [5, 5.41) is 43.9. The molecule has 6 N–H and O–H groups in total. The topological polar surface area (TPSA) is 284 Å². The van der Waals surface area contributed by atoms with Crippen LogP contribution in [-0.2, 0) is 27.1 Å². The summed E-state index contributed by atoms with van der Waals surface area (Å²) in [5.41, 5.74) is 6.20. The predicted molar refractivity (Wildman–Crippen MR) is 346 cm³/mol. The van der Waals surface area contributed by atoms with E-state index in [1.807, 2.05) is 91.0 Å². The molecule has 0 radical (unpaired) electrons. The second-order valence-electron chi connectivity index (χ2n) is 19.1. The van der Waals surface area contributed by atoms with E-state index >= 15 is 0 Å². The van der Waals surface area contributed by atoms with Crippen LogP contribution in [0.25, 0.3) is 11.7 Å². The number of methoxy groups -OCH3 is 3. The van der Waals surface area contributed by atoms with E-state index in [-0.39, 0.29) is 78.1 Å². The number of aliphatic hydroxyl groups is 2. The first-order valence-electron chi connectivity index (χ1n) is 28.5. The average Bonchev–Trinajstić information content (AvgIpc) is 0.758. The third kappa shape index (κ3) is 42.1. The number of halogens is 13. The van der Waals surface area contributed by atoms with Crippen LogP contribution in [0.4, 0.5) is 52.7 Å². The van der Waals surface area contributed by atoms with E-state index < -0.39 is 81.5 Å². The number of allylic oxidation sites excluding steroid dienone is 1. The summed E-state index contributed by atoms with van der Waals surface area (Å²) >= 11 is 0. The van der Waals surface area contributed by atoms with Crippen LogP contribution in [0.15, 0.2) is 215 Å². The smallest absolute Gasteiger partial charge is 1.00 e. The Balaban J connectivity index is -0.00000115. The van der Waals surface area contributed by atoms with E-state index in [2.05, 4.69) is 46.5 Å². The average molecular weight is 1560 g/mol. The summed E-state index contributed by atoms with van der Waals surface area (Å²) in [6.45, 7) is 0. The van der Waals surface area contributed by atoms with Gasteiger partial charge in [-0.3, -0.25) is 10.4 Å². The standard InChI is InChI=1S/C21H19F3P.C12H13F3O2.C12H11F3O2.C11H11F3O2.C9H8O3.2CH4O.HI.H3N6O.Na/c22-21(23,24)16-17-25(18-10-4-1-5-11-18,19-12-6-2-7-13-19)20-14-8-3-9-15-20;2*1-17-11(16)10-6-4-9(5-7-10)3-2-8-12(13,14)15;12-11(13,14)7-1-2-8-3-5-9(6-4-8)10(15)16;1-12-9(11)8-4-2-7(6-10)3-5-8;2*1-2;;1-2-3-4-5-6-7;/h1-15H,16-17H2;4-7H,2-3,8H2,1H3;2-7H,8H2,1H3;3-6H,1-2,7H2,(H,15,16);2-6H,1H3;2*2H,1H3;1H;(H3-,1,2,3,4,5,6,7);/q+1;;;;;;;;-1;+1/p-1. The Bertz CT molecular complexity index is 3350. The molecule has 100 heavy (non-hydrogen) atoms. The number of hydrogen-bond donors (Lipinski definition) is 5. The Morgan fingerprint density at radius 1 is 0.480 bits per heavy atom. The van der Waals surface area contributed by atoms with Crippen molar-refractivity contribution in [2.75, 3.05) is 41.7 Å². The molecular formula is C67H73F12IN6NaO12P. The molecule has 0 aliphatic carbocycles. The number of aromatic carboxylic acids is 1. The van der Waals surface area contributed by atoms with Crippen LogP contribution in [0, 0.1) is 0 Å². The third-order valence-corrected chi connectivity index (χ3v) is 16.8. The number of carbonyl (C=O) groups excluding carboxylic acids is 4. The maximum atomic E-state index is 13.2. The van der Waals surface area contributed by atoms with Crippen molar-refractivity contribution in [3.63, 3.8) is 0 Å². The molecule has 0 bridgehead atoms. The Morgan fingerprint density at radius 2 is 0.800 bits per heavy atom. The largest absolute Gasteiger partial charge is 1.00 e. The van der Waals surface area contributed by atoms with Gasteiger partial charge in [0.1, 0.15) is 29.5 Å². The number of aldehydes is 1. The van der Waals surface area contributed by atoms with Crippen LogP contribution in [0.3, 0.4) is 0 Å². The van der Waals surface area contributed by atoms with Crippen molar-refractivity contribution in [1.82, 2.24) is 0 Å². The maximum Gasteiger partial charge on any atom is 1.00 e. The number of aryl methyl sites for hydroxylation is 2. The molecule has 0 aliphatic heterocycles. The van der Waals surface area contributed by atoms with Gasteiger partial charge in [-0.15, -0.1) is 5.22 Å². The van der Waals surface area contributed by atoms with E-state index in [0.29, 0.717) is 46.2 Å². The van der Waals surface area contributed by atoms with Crippen molar-refractivity contribution in [2.24, 2.45) is 26.7 Å². The number of alkyl halides is 12. The Morgan fingerprint density at radius 3 is 1.08 bits per heavy atom. The van der Waals surface area contributed by atoms with Gasteiger partial charge < -0.3 is 64.6 Å². The summed E-state index contributed by atoms with van der Waals surface area (Å²) in [6, 6.07) is 53.5. The molecule has 0 aromatic heterocycles. The number of hydrogen-bond acceptors (Lipinski definition) is 13. The Hall–Kier alpha value is -8.17. The number of ether oxygens (including phenoxy) is 3. The van der Waals surface area contributed by atoms with Gasteiger partial charge in [0.2, 0.25) is 0 Å². The van der Waals surface area contributed by atoms with Crippen LogP contribution < -0.4 is 75.3 Å². The van der Waals surface area contributed by atoms with Gasteiger partial charge in [0.15, 0.2) is 0 Å². The molecule has 7 aromatic carbocycles. The number of rotatable bonds is 20. The van der Waals surface area contributed by atoms with Crippen LogP contribution >= 0.6 is 7.26 Å². The number of carboxylic acids is 1. The fraction of sp³-hybridized carbons (Fsp3) is 0.269. The van der Waals surface area contributed by atoms with Crippen LogP contribution in [0.5, 0.6) is 0 Å². The summed E-state index contributed by atoms with van der Waals surface area (Å²) in [5.74, 6) is 2.09. The van der Waals surface area contributed by atoms with E-state index in [9.17, 15) is 76.7 Å². The minimum absolute atomic E-state index is 0. The number of carbonyl (C=O) groups is 5. The van der Waals surface area contributed by atoms with Crippen molar-refractivity contribution in [1.29, 1.82) is 0 Å².